The zero-order chi connectivity index (χ0) is 46.6. The van der Waals surface area contributed by atoms with Crippen LogP contribution >= 0.6 is 0 Å². The summed E-state index contributed by atoms with van der Waals surface area (Å²) in [6.07, 6.45) is 2.12. The van der Waals surface area contributed by atoms with E-state index >= 15 is 0 Å². The van der Waals surface area contributed by atoms with Gasteiger partial charge in [0.25, 0.3) is 5.91 Å². The lowest BCUT2D eigenvalue weighted by Gasteiger charge is -2.36. The number of likely N-dealkylation sites (N-methyl/N-ethyl adjacent to an activating group) is 1. The Morgan fingerprint density at radius 1 is 0.815 bits per heavy atom. The third-order valence-corrected chi connectivity index (χ3v) is 12.0. The Morgan fingerprint density at radius 2 is 1.46 bits per heavy atom. The Hall–Kier alpha value is -6.80. The van der Waals surface area contributed by atoms with Gasteiger partial charge in [-0.3, -0.25) is 24.0 Å². The van der Waals surface area contributed by atoms with Gasteiger partial charge in [0.1, 0.15) is 55.4 Å². The standard InChI is InChI=1S/C49H59N9O7/c1-29-23-33(36-26-35(27-36)32-7-5-4-6-8-32)10-12-37(29)46(60)56-40(15-16-50)49(63)58(3)44-34-11-14-43(65-22-19-53)39(28-34)38-24-31(9-13-42(38)64-21-18-52)25-41(47(61)54-20-17-51)57-45(59)30(2)55-48(44)62/h4-14,23-24,28,30,35-36,40-41,44H,15-16,18-22,25-27,50,52-53H2,1-3H3,(H,54,61)(H,55,62)(H,56,60)(H,57,59)/t30-,35?,36?,40-,41-,44-/m0/s1. The lowest BCUT2D eigenvalue weighted by Crippen LogP contribution is -2.56. The SMILES string of the molecule is Cc1cc(C2CC(c3ccccc3)C2)ccc1C(=O)N[C@@H](CCN)C(=O)N(C)[C@@H]1C(=O)N[C@@H](C)C(=O)N[C@H](C(=O)NCC#N)Cc2ccc(OCCN)c(c2)-c2cc1ccc2OCCN. The smallest absolute Gasteiger partial charge is 0.252 e. The van der Waals surface area contributed by atoms with Crippen molar-refractivity contribution in [3.05, 3.63) is 118 Å². The van der Waals surface area contributed by atoms with E-state index in [-0.39, 0.29) is 52.2 Å². The van der Waals surface area contributed by atoms with Gasteiger partial charge in [0, 0.05) is 43.2 Å². The molecule has 0 aromatic heterocycles. The molecule has 0 unspecified atom stereocenters. The van der Waals surface area contributed by atoms with Gasteiger partial charge in [0.15, 0.2) is 0 Å². The van der Waals surface area contributed by atoms with Crippen molar-refractivity contribution in [1.82, 2.24) is 26.2 Å². The predicted molar refractivity (Wildman–Crippen MR) is 246 cm³/mol. The highest BCUT2D eigenvalue weighted by Gasteiger charge is 2.37. The second-order valence-corrected chi connectivity index (χ2v) is 16.5. The first-order chi connectivity index (χ1) is 31.4. The van der Waals surface area contributed by atoms with E-state index in [1.807, 2.05) is 31.2 Å². The number of nitrogens with one attached hydrogen (secondary N) is 4. The molecule has 342 valence electrons. The number of carbonyl (C=O) groups is 5. The maximum Gasteiger partial charge on any atom is 0.252 e. The van der Waals surface area contributed by atoms with Crippen LogP contribution in [0.4, 0.5) is 0 Å². The minimum atomic E-state index is -1.37. The normalized spacial score (nSPS) is 19.7. The van der Waals surface area contributed by atoms with Crippen LogP contribution in [0.3, 0.4) is 0 Å². The third kappa shape index (κ3) is 11.5. The molecule has 16 nitrogen and oxygen atoms in total. The molecule has 10 N–H and O–H groups in total. The highest BCUT2D eigenvalue weighted by molar-refractivity contribution is 6.00. The molecule has 16 heteroatoms. The minimum Gasteiger partial charge on any atom is -0.492 e. The first-order valence-corrected chi connectivity index (χ1v) is 22.0. The fraction of sp³-hybridized carbons (Fsp3) is 0.388. The molecule has 1 fully saturated rings. The van der Waals surface area contributed by atoms with Crippen molar-refractivity contribution in [3.63, 3.8) is 0 Å². The van der Waals surface area contributed by atoms with E-state index in [1.165, 1.54) is 24.4 Å². The van der Waals surface area contributed by atoms with Gasteiger partial charge in [0.2, 0.25) is 23.6 Å². The van der Waals surface area contributed by atoms with Gasteiger partial charge in [-0.05, 0) is 110 Å². The molecule has 4 aromatic rings. The summed E-state index contributed by atoms with van der Waals surface area (Å²) in [6, 6.07) is 23.5. The van der Waals surface area contributed by atoms with E-state index in [1.54, 1.807) is 42.5 Å². The maximum absolute atomic E-state index is 14.7. The Balaban J connectivity index is 1.34. The van der Waals surface area contributed by atoms with E-state index < -0.39 is 53.7 Å². The van der Waals surface area contributed by atoms with Gasteiger partial charge in [-0.15, -0.1) is 0 Å². The van der Waals surface area contributed by atoms with Gasteiger partial charge < -0.3 is 52.8 Å². The van der Waals surface area contributed by atoms with Crippen molar-refractivity contribution >= 4 is 29.5 Å². The summed E-state index contributed by atoms with van der Waals surface area (Å²) in [5.41, 5.74) is 23.3. The lowest BCUT2D eigenvalue weighted by molar-refractivity contribution is -0.141. The summed E-state index contributed by atoms with van der Waals surface area (Å²) in [6.45, 7) is 3.80. The van der Waals surface area contributed by atoms with Gasteiger partial charge in [-0.25, -0.2) is 0 Å². The molecule has 1 saturated carbocycles. The van der Waals surface area contributed by atoms with Crippen LogP contribution in [0.15, 0.2) is 84.9 Å². The first kappa shape index (κ1) is 47.7. The number of benzene rings is 4. The highest BCUT2D eigenvalue weighted by Crippen LogP contribution is 2.47. The van der Waals surface area contributed by atoms with E-state index in [9.17, 15) is 24.0 Å². The zero-order valence-electron chi connectivity index (χ0n) is 37.1. The molecule has 0 radical (unpaired) electrons. The molecule has 4 bridgehead atoms. The summed E-state index contributed by atoms with van der Waals surface area (Å²) in [5.74, 6) is -1.41. The fourth-order valence-electron chi connectivity index (χ4n) is 8.45. The second-order valence-electron chi connectivity index (χ2n) is 16.5. The second kappa shape index (κ2) is 22.2. The van der Waals surface area contributed by atoms with E-state index in [0.29, 0.717) is 51.2 Å². The number of nitrogens with two attached hydrogens (primary N) is 3. The van der Waals surface area contributed by atoms with Crippen LogP contribution in [-0.4, -0.2) is 99.0 Å². The number of ether oxygens (including phenoxy) is 2. The summed E-state index contributed by atoms with van der Waals surface area (Å²) in [7, 11) is 1.45. The molecule has 0 saturated heterocycles. The predicted octanol–water partition coefficient (Wildman–Crippen LogP) is 2.83. The van der Waals surface area contributed by atoms with Crippen LogP contribution in [0.1, 0.15) is 82.2 Å². The molecule has 6 rings (SSSR count). The van der Waals surface area contributed by atoms with Crippen LogP contribution in [0.5, 0.6) is 11.5 Å². The minimum absolute atomic E-state index is 0.0139. The maximum atomic E-state index is 14.7. The Kier molecular flexibility index (Phi) is 16.3. The summed E-state index contributed by atoms with van der Waals surface area (Å²) >= 11 is 0. The van der Waals surface area contributed by atoms with Crippen LogP contribution in [-0.2, 0) is 25.6 Å². The number of fused-ring (bicyclic) bond motifs is 5. The number of aryl methyl sites for hydroxylation is 1. The number of rotatable bonds is 16. The van der Waals surface area contributed by atoms with Crippen LogP contribution < -0.4 is 47.9 Å². The fourth-order valence-corrected chi connectivity index (χ4v) is 8.45. The van der Waals surface area contributed by atoms with E-state index in [4.69, 9.17) is 31.9 Å². The molecule has 5 amide bonds. The van der Waals surface area contributed by atoms with Crippen LogP contribution in [0.25, 0.3) is 11.1 Å². The zero-order valence-corrected chi connectivity index (χ0v) is 37.1. The number of carbonyl (C=O) groups excluding carboxylic acids is 5. The number of nitriles is 1. The number of hydrogen-bond donors (Lipinski definition) is 7. The van der Waals surface area contributed by atoms with Crippen molar-refractivity contribution in [3.8, 4) is 28.7 Å². The summed E-state index contributed by atoms with van der Waals surface area (Å²) in [4.78, 5) is 71.5. The lowest BCUT2D eigenvalue weighted by atomic mass is 9.68. The van der Waals surface area contributed by atoms with Gasteiger partial charge in [0.05, 0.1) is 6.07 Å². The number of amides is 5. The molecule has 4 aromatic carbocycles. The Labute approximate surface area is 379 Å². The topological polar surface area (TPSA) is 257 Å². The largest absolute Gasteiger partial charge is 0.492 e. The molecule has 65 heavy (non-hydrogen) atoms. The van der Waals surface area contributed by atoms with Gasteiger partial charge in [-0.2, -0.15) is 5.26 Å². The number of nitrogens with zero attached hydrogens (tertiary/aromatic N) is 2. The monoisotopic (exact) mass is 885 g/mol. The molecule has 1 aliphatic carbocycles. The van der Waals surface area contributed by atoms with E-state index in [0.717, 1.165) is 24.0 Å². The van der Waals surface area contributed by atoms with Crippen molar-refractivity contribution in [2.75, 3.05) is 46.4 Å². The van der Waals surface area contributed by atoms with Crippen molar-refractivity contribution < 1.29 is 33.4 Å². The average molecular weight is 886 g/mol. The first-order valence-electron chi connectivity index (χ1n) is 22.0. The molecule has 1 heterocycles. The van der Waals surface area contributed by atoms with Gasteiger partial charge >= 0.3 is 0 Å². The van der Waals surface area contributed by atoms with Crippen LogP contribution in [0, 0.1) is 18.3 Å². The van der Waals surface area contributed by atoms with Gasteiger partial charge in [-0.1, -0.05) is 54.6 Å². The molecular formula is C49H59N9O7. The van der Waals surface area contributed by atoms with Crippen molar-refractivity contribution in [1.29, 1.82) is 5.26 Å². The third-order valence-electron chi connectivity index (χ3n) is 12.0. The van der Waals surface area contributed by atoms with Crippen molar-refractivity contribution in [2.24, 2.45) is 17.2 Å². The van der Waals surface area contributed by atoms with Crippen molar-refractivity contribution in [2.45, 2.75) is 75.5 Å². The quantitative estimate of drug-likeness (QED) is 0.0806. The average Bonchev–Trinajstić information content (AvgIpc) is 3.28. The highest BCUT2D eigenvalue weighted by atomic mass is 16.5. The summed E-state index contributed by atoms with van der Waals surface area (Å²) < 4.78 is 12.2. The molecular weight excluding hydrogens is 827 g/mol. The summed E-state index contributed by atoms with van der Waals surface area (Å²) in [5, 5.41) is 20.0. The van der Waals surface area contributed by atoms with E-state index in [2.05, 4.69) is 45.5 Å². The van der Waals surface area contributed by atoms with Crippen LogP contribution in [0.2, 0.25) is 0 Å². The molecule has 4 atom stereocenters. The Bertz CT molecular complexity index is 2400. The molecule has 0 spiro atoms. The molecule has 2 aliphatic rings. The molecule has 1 aliphatic heterocycles. The number of hydrogen-bond acceptors (Lipinski definition) is 11. The Morgan fingerprint density at radius 3 is 2.11 bits per heavy atom.